The van der Waals surface area contributed by atoms with Crippen LogP contribution in [0.5, 0.6) is 0 Å². The van der Waals surface area contributed by atoms with Crippen molar-refractivity contribution in [1.29, 1.82) is 0 Å². The van der Waals surface area contributed by atoms with Crippen LogP contribution in [-0.2, 0) is 11.2 Å². The fourth-order valence-corrected chi connectivity index (χ4v) is 3.77. The fraction of sp³-hybridized carbons (Fsp3) is 0.762. The van der Waals surface area contributed by atoms with Crippen LogP contribution in [0.4, 0.5) is 0 Å². The SMILES string of the molecule is CCCCCCCCCCc1cnc(C2CCC(C(=O)O)CC2)nc1. The zero-order valence-electron chi connectivity index (χ0n) is 15.8. The fourth-order valence-electron chi connectivity index (χ4n) is 3.77. The first-order valence-electron chi connectivity index (χ1n) is 10.2. The van der Waals surface area contributed by atoms with Crippen LogP contribution >= 0.6 is 0 Å². The highest BCUT2D eigenvalue weighted by atomic mass is 16.4. The van der Waals surface area contributed by atoms with E-state index in [1.165, 1.54) is 56.9 Å². The quantitative estimate of drug-likeness (QED) is 0.536. The lowest BCUT2D eigenvalue weighted by molar-refractivity contribution is -0.142. The van der Waals surface area contributed by atoms with Gasteiger partial charge in [-0.1, -0.05) is 51.9 Å². The van der Waals surface area contributed by atoms with E-state index in [0.29, 0.717) is 5.92 Å². The van der Waals surface area contributed by atoms with Gasteiger partial charge in [0.25, 0.3) is 0 Å². The van der Waals surface area contributed by atoms with Gasteiger partial charge in [-0.05, 0) is 44.1 Å². The maximum absolute atomic E-state index is 11.0. The number of unbranched alkanes of at least 4 members (excludes halogenated alkanes) is 7. The number of nitrogens with zero attached hydrogens (tertiary/aromatic N) is 2. The van der Waals surface area contributed by atoms with Gasteiger partial charge in [0.2, 0.25) is 0 Å². The van der Waals surface area contributed by atoms with Gasteiger partial charge in [0.05, 0.1) is 5.92 Å². The molecule has 1 aromatic rings. The van der Waals surface area contributed by atoms with Crippen LogP contribution in [0.15, 0.2) is 12.4 Å². The smallest absolute Gasteiger partial charge is 0.306 e. The molecule has 1 N–H and O–H groups in total. The van der Waals surface area contributed by atoms with E-state index in [1.807, 2.05) is 12.4 Å². The van der Waals surface area contributed by atoms with Crippen LogP contribution in [0.3, 0.4) is 0 Å². The average molecular weight is 347 g/mol. The lowest BCUT2D eigenvalue weighted by Crippen LogP contribution is -2.21. The van der Waals surface area contributed by atoms with Crippen molar-refractivity contribution in [2.45, 2.75) is 96.3 Å². The summed E-state index contributed by atoms with van der Waals surface area (Å²) in [6.07, 6.45) is 19.0. The van der Waals surface area contributed by atoms with Crippen LogP contribution in [0.25, 0.3) is 0 Å². The van der Waals surface area contributed by atoms with E-state index in [0.717, 1.165) is 37.9 Å². The van der Waals surface area contributed by atoms with E-state index in [4.69, 9.17) is 5.11 Å². The minimum atomic E-state index is -0.653. The van der Waals surface area contributed by atoms with Gasteiger partial charge in [-0.3, -0.25) is 4.79 Å². The number of carboxylic acids is 1. The predicted octanol–water partition coefficient (Wildman–Crippen LogP) is 5.52. The molecule has 1 aromatic heterocycles. The molecule has 2 rings (SSSR count). The van der Waals surface area contributed by atoms with Gasteiger partial charge in [-0.15, -0.1) is 0 Å². The Morgan fingerprint density at radius 1 is 0.960 bits per heavy atom. The second-order valence-electron chi connectivity index (χ2n) is 7.56. The van der Waals surface area contributed by atoms with Crippen molar-refractivity contribution in [2.24, 2.45) is 5.92 Å². The van der Waals surface area contributed by atoms with Crippen molar-refractivity contribution in [3.8, 4) is 0 Å². The van der Waals surface area contributed by atoms with Gasteiger partial charge in [-0.25, -0.2) is 9.97 Å². The molecule has 0 spiro atoms. The third-order valence-corrected chi connectivity index (χ3v) is 5.49. The third kappa shape index (κ3) is 7.13. The van der Waals surface area contributed by atoms with Crippen molar-refractivity contribution in [1.82, 2.24) is 9.97 Å². The number of aromatic nitrogens is 2. The molecule has 25 heavy (non-hydrogen) atoms. The molecule has 1 saturated carbocycles. The molecule has 0 radical (unpaired) electrons. The summed E-state index contributed by atoms with van der Waals surface area (Å²) >= 11 is 0. The molecule has 1 aliphatic carbocycles. The van der Waals surface area contributed by atoms with Gasteiger partial charge in [-0.2, -0.15) is 0 Å². The Morgan fingerprint density at radius 2 is 1.52 bits per heavy atom. The monoisotopic (exact) mass is 346 g/mol. The van der Waals surface area contributed by atoms with E-state index < -0.39 is 5.97 Å². The van der Waals surface area contributed by atoms with E-state index >= 15 is 0 Å². The summed E-state index contributed by atoms with van der Waals surface area (Å²) < 4.78 is 0. The van der Waals surface area contributed by atoms with Crippen LogP contribution in [-0.4, -0.2) is 21.0 Å². The Bertz CT molecular complexity index is 493. The van der Waals surface area contributed by atoms with Crippen LogP contribution in [0, 0.1) is 5.92 Å². The number of aryl methyl sites for hydroxylation is 1. The molecule has 1 heterocycles. The van der Waals surface area contributed by atoms with Crippen LogP contribution in [0.1, 0.15) is 101 Å². The van der Waals surface area contributed by atoms with Crippen LogP contribution < -0.4 is 0 Å². The van der Waals surface area contributed by atoms with E-state index in [-0.39, 0.29) is 5.92 Å². The molecule has 4 nitrogen and oxygen atoms in total. The second kappa shape index (κ2) is 11.2. The van der Waals surface area contributed by atoms with E-state index in [2.05, 4.69) is 16.9 Å². The van der Waals surface area contributed by atoms with Crippen LogP contribution in [0.2, 0.25) is 0 Å². The van der Waals surface area contributed by atoms with Crippen molar-refractivity contribution in [3.05, 3.63) is 23.8 Å². The minimum absolute atomic E-state index is 0.169. The lowest BCUT2D eigenvalue weighted by atomic mass is 9.81. The van der Waals surface area contributed by atoms with Gasteiger partial charge < -0.3 is 5.11 Å². The van der Waals surface area contributed by atoms with Crippen molar-refractivity contribution >= 4 is 5.97 Å². The van der Waals surface area contributed by atoms with Gasteiger partial charge >= 0.3 is 5.97 Å². The molecule has 0 unspecified atom stereocenters. The molecule has 1 fully saturated rings. The van der Waals surface area contributed by atoms with Gasteiger partial charge in [0, 0.05) is 18.3 Å². The molecule has 0 aromatic carbocycles. The Morgan fingerprint density at radius 3 is 2.08 bits per heavy atom. The molecular formula is C21H34N2O2. The maximum Gasteiger partial charge on any atom is 0.306 e. The summed E-state index contributed by atoms with van der Waals surface area (Å²) in [5.74, 6) is 0.425. The highest BCUT2D eigenvalue weighted by Crippen LogP contribution is 2.34. The first kappa shape index (κ1) is 19.9. The largest absolute Gasteiger partial charge is 0.481 e. The van der Waals surface area contributed by atoms with Crippen molar-refractivity contribution in [2.75, 3.05) is 0 Å². The first-order chi connectivity index (χ1) is 12.2. The van der Waals surface area contributed by atoms with Gasteiger partial charge in [0.15, 0.2) is 0 Å². The summed E-state index contributed by atoms with van der Waals surface area (Å²) in [5, 5.41) is 9.07. The normalized spacial score (nSPS) is 20.5. The van der Waals surface area contributed by atoms with Crippen molar-refractivity contribution in [3.63, 3.8) is 0 Å². The lowest BCUT2D eigenvalue weighted by Gasteiger charge is -2.24. The second-order valence-corrected chi connectivity index (χ2v) is 7.56. The molecule has 140 valence electrons. The summed E-state index contributed by atoms with van der Waals surface area (Å²) in [6, 6.07) is 0. The Hall–Kier alpha value is -1.45. The summed E-state index contributed by atoms with van der Waals surface area (Å²) in [5.41, 5.74) is 1.23. The maximum atomic E-state index is 11.0. The molecule has 0 saturated heterocycles. The summed E-state index contributed by atoms with van der Waals surface area (Å²) in [4.78, 5) is 20.1. The highest BCUT2D eigenvalue weighted by Gasteiger charge is 2.27. The molecule has 0 atom stereocenters. The Kier molecular flexibility index (Phi) is 8.92. The number of hydrogen-bond acceptors (Lipinski definition) is 3. The third-order valence-electron chi connectivity index (χ3n) is 5.49. The van der Waals surface area contributed by atoms with E-state index in [1.54, 1.807) is 0 Å². The molecule has 4 heteroatoms. The highest BCUT2D eigenvalue weighted by molar-refractivity contribution is 5.70. The average Bonchev–Trinajstić information content (AvgIpc) is 2.64. The molecular weight excluding hydrogens is 312 g/mol. The first-order valence-corrected chi connectivity index (χ1v) is 10.2. The predicted molar refractivity (Wildman–Crippen MR) is 101 cm³/mol. The molecule has 0 amide bonds. The summed E-state index contributed by atoms with van der Waals surface area (Å²) in [6.45, 7) is 2.26. The Labute approximate surface area is 152 Å². The topological polar surface area (TPSA) is 63.1 Å². The zero-order chi connectivity index (χ0) is 17.9. The Balaban J connectivity index is 1.62. The number of hydrogen-bond donors (Lipinski definition) is 1. The summed E-state index contributed by atoms with van der Waals surface area (Å²) in [7, 11) is 0. The zero-order valence-corrected chi connectivity index (χ0v) is 15.8. The molecule has 0 bridgehead atoms. The number of rotatable bonds is 11. The molecule has 1 aliphatic rings. The van der Waals surface area contributed by atoms with Gasteiger partial charge in [0.1, 0.15) is 5.82 Å². The number of carboxylic acid groups (broad SMARTS) is 1. The standard InChI is InChI=1S/C21H34N2O2/c1-2-3-4-5-6-7-8-9-10-17-15-22-20(23-16-17)18-11-13-19(14-12-18)21(24)25/h15-16,18-19H,2-14H2,1H3,(H,24,25). The molecule has 0 aliphatic heterocycles. The minimum Gasteiger partial charge on any atom is -0.481 e. The van der Waals surface area contributed by atoms with Crippen molar-refractivity contribution < 1.29 is 9.90 Å². The number of aliphatic carboxylic acids is 1. The number of carbonyl (C=O) groups is 1. The van der Waals surface area contributed by atoms with E-state index in [9.17, 15) is 4.79 Å².